The van der Waals surface area contributed by atoms with Crippen LogP contribution in [0.15, 0.2) is 0 Å². The third-order valence-electron chi connectivity index (χ3n) is 4.48. The highest BCUT2D eigenvalue weighted by molar-refractivity contribution is 7.17. The molecule has 1 aromatic rings. The monoisotopic (exact) mass is 398 g/mol. The van der Waals surface area contributed by atoms with Crippen LogP contribution in [0, 0.1) is 5.92 Å². The molecule has 3 rings (SSSR count). The summed E-state index contributed by atoms with van der Waals surface area (Å²) in [6.07, 6.45) is 0.0774. The number of rotatable bonds is 4. The van der Waals surface area contributed by atoms with E-state index in [1.807, 2.05) is 0 Å². The lowest BCUT2D eigenvalue weighted by molar-refractivity contribution is -0.117. The van der Waals surface area contributed by atoms with E-state index < -0.39 is 35.7 Å². The van der Waals surface area contributed by atoms with Crippen LogP contribution < -0.4 is 10.6 Å². The number of carbonyl (C=O) groups excluding carboxylic acids is 2. The van der Waals surface area contributed by atoms with Crippen molar-refractivity contribution in [3.05, 3.63) is 16.0 Å². The first kappa shape index (κ1) is 19.6. The average molecular weight is 398 g/mol. The Morgan fingerprint density at radius 2 is 1.96 bits per heavy atom. The fraction of sp³-hybridized carbons (Fsp3) is 0.611. The van der Waals surface area contributed by atoms with Gasteiger partial charge in [0.1, 0.15) is 16.8 Å². The third kappa shape index (κ3) is 4.58. The second kappa shape index (κ2) is 7.10. The number of anilines is 1. The number of carboxylic acids is 1. The molecular formula is C18H23FN2O5S. The average Bonchev–Trinajstić information content (AvgIpc) is 3.13. The summed E-state index contributed by atoms with van der Waals surface area (Å²) in [6.45, 7) is 5.30. The number of halogens is 1. The molecule has 2 amide bonds. The highest BCUT2D eigenvalue weighted by Crippen LogP contribution is 2.40. The fourth-order valence-corrected chi connectivity index (χ4v) is 4.37. The van der Waals surface area contributed by atoms with Crippen LogP contribution in [0.3, 0.4) is 0 Å². The molecule has 148 valence electrons. The van der Waals surface area contributed by atoms with E-state index in [1.165, 1.54) is 11.3 Å². The lowest BCUT2D eigenvalue weighted by Crippen LogP contribution is -2.41. The second-order valence-corrected chi connectivity index (χ2v) is 9.05. The predicted octanol–water partition coefficient (Wildman–Crippen LogP) is 3.12. The normalized spacial score (nSPS) is 23.9. The SMILES string of the molecule is CC(C)(C)OC(=O)N[C@H]1CCc2sc(NC(=O)[C@H]3C[C@@H]3F)c(C(=O)O)c2C1. The largest absolute Gasteiger partial charge is 0.478 e. The zero-order valence-corrected chi connectivity index (χ0v) is 16.2. The zero-order valence-electron chi connectivity index (χ0n) is 15.4. The van der Waals surface area contributed by atoms with Gasteiger partial charge >= 0.3 is 12.1 Å². The zero-order chi connectivity index (χ0) is 19.9. The molecule has 1 fully saturated rings. The maximum absolute atomic E-state index is 13.1. The molecule has 7 nitrogen and oxygen atoms in total. The highest BCUT2D eigenvalue weighted by atomic mass is 32.1. The number of carboxylic acid groups (broad SMARTS) is 1. The Bertz CT molecular complexity index is 785. The molecule has 0 unspecified atom stereocenters. The molecule has 9 heteroatoms. The van der Waals surface area contributed by atoms with Gasteiger partial charge < -0.3 is 20.5 Å². The van der Waals surface area contributed by atoms with Gasteiger partial charge in [0.25, 0.3) is 0 Å². The van der Waals surface area contributed by atoms with Crippen LogP contribution in [-0.4, -0.2) is 40.9 Å². The first-order valence-electron chi connectivity index (χ1n) is 8.87. The molecule has 0 bridgehead atoms. The Labute approximate surface area is 160 Å². The molecule has 2 aliphatic carbocycles. The summed E-state index contributed by atoms with van der Waals surface area (Å²) >= 11 is 1.22. The van der Waals surface area contributed by atoms with Gasteiger partial charge in [-0.3, -0.25) is 4.79 Å². The van der Waals surface area contributed by atoms with E-state index in [9.17, 15) is 23.9 Å². The summed E-state index contributed by atoms with van der Waals surface area (Å²) < 4.78 is 18.3. The quantitative estimate of drug-likeness (QED) is 0.723. The first-order chi connectivity index (χ1) is 12.5. The number of aryl methyl sites for hydroxylation is 1. The van der Waals surface area contributed by atoms with Gasteiger partial charge in [-0.25, -0.2) is 14.0 Å². The molecule has 27 heavy (non-hydrogen) atoms. The standard InChI is InChI=1S/C18H23FN2O5S/c1-18(2,3)26-17(25)20-8-4-5-12-10(6-8)13(16(23)24)15(27-12)21-14(22)9-7-11(9)19/h8-9,11H,4-7H2,1-3H3,(H,20,25)(H,21,22)(H,23,24)/t8-,9-,11-/m0/s1. The molecule has 0 aliphatic heterocycles. The molecule has 0 aromatic carbocycles. The topological polar surface area (TPSA) is 105 Å². The summed E-state index contributed by atoms with van der Waals surface area (Å²) in [7, 11) is 0. The van der Waals surface area contributed by atoms with Gasteiger partial charge in [0.2, 0.25) is 5.91 Å². The van der Waals surface area contributed by atoms with E-state index in [2.05, 4.69) is 10.6 Å². The van der Waals surface area contributed by atoms with Gasteiger partial charge in [-0.2, -0.15) is 0 Å². The Morgan fingerprint density at radius 3 is 2.52 bits per heavy atom. The number of amides is 2. The van der Waals surface area contributed by atoms with Crippen molar-refractivity contribution in [2.45, 2.75) is 64.3 Å². The van der Waals surface area contributed by atoms with E-state index in [-0.39, 0.29) is 23.0 Å². The molecule has 1 aromatic heterocycles. The minimum absolute atomic E-state index is 0.0371. The lowest BCUT2D eigenvalue weighted by Gasteiger charge is -2.26. The molecule has 0 spiro atoms. The van der Waals surface area contributed by atoms with Crippen molar-refractivity contribution in [3.63, 3.8) is 0 Å². The van der Waals surface area contributed by atoms with Crippen molar-refractivity contribution in [2.75, 3.05) is 5.32 Å². The van der Waals surface area contributed by atoms with Crippen LogP contribution in [-0.2, 0) is 22.4 Å². The highest BCUT2D eigenvalue weighted by Gasteiger charge is 2.44. The summed E-state index contributed by atoms with van der Waals surface area (Å²) in [6, 6.07) is -0.248. The summed E-state index contributed by atoms with van der Waals surface area (Å²) in [5.74, 6) is -2.31. The lowest BCUT2D eigenvalue weighted by atomic mass is 9.91. The van der Waals surface area contributed by atoms with Crippen molar-refractivity contribution in [1.29, 1.82) is 0 Å². The van der Waals surface area contributed by atoms with E-state index in [4.69, 9.17) is 4.74 Å². The summed E-state index contributed by atoms with van der Waals surface area (Å²) in [5, 5.41) is 15.2. The van der Waals surface area contributed by atoms with Crippen molar-refractivity contribution < 1.29 is 28.6 Å². The molecule has 2 aliphatic rings. The molecule has 0 saturated heterocycles. The number of nitrogens with one attached hydrogen (secondary N) is 2. The maximum Gasteiger partial charge on any atom is 0.407 e. The van der Waals surface area contributed by atoms with Gasteiger partial charge in [0.15, 0.2) is 0 Å². The number of fused-ring (bicyclic) bond motifs is 1. The molecular weight excluding hydrogens is 375 g/mol. The summed E-state index contributed by atoms with van der Waals surface area (Å²) in [5.41, 5.74) is 0.0327. The fourth-order valence-electron chi connectivity index (χ4n) is 3.14. The van der Waals surface area contributed by atoms with Gasteiger partial charge in [0, 0.05) is 10.9 Å². The Hall–Kier alpha value is -2.16. The smallest absolute Gasteiger partial charge is 0.407 e. The van der Waals surface area contributed by atoms with Crippen LogP contribution in [0.25, 0.3) is 0 Å². The van der Waals surface area contributed by atoms with Gasteiger partial charge in [-0.1, -0.05) is 0 Å². The van der Waals surface area contributed by atoms with Crippen molar-refractivity contribution in [3.8, 4) is 0 Å². The van der Waals surface area contributed by atoms with Gasteiger partial charge in [0.05, 0.1) is 11.5 Å². The van der Waals surface area contributed by atoms with Crippen molar-refractivity contribution in [2.24, 2.45) is 5.92 Å². The third-order valence-corrected chi connectivity index (χ3v) is 5.69. The van der Waals surface area contributed by atoms with Crippen LogP contribution in [0.1, 0.15) is 54.4 Å². The number of aromatic carboxylic acids is 1. The Kier molecular flexibility index (Phi) is 5.16. The van der Waals surface area contributed by atoms with Crippen LogP contribution in [0.2, 0.25) is 0 Å². The second-order valence-electron chi connectivity index (χ2n) is 7.95. The molecule has 1 heterocycles. The van der Waals surface area contributed by atoms with E-state index >= 15 is 0 Å². The van der Waals surface area contributed by atoms with Crippen LogP contribution >= 0.6 is 11.3 Å². The Morgan fingerprint density at radius 1 is 1.30 bits per heavy atom. The van der Waals surface area contributed by atoms with Crippen molar-refractivity contribution in [1.82, 2.24) is 5.32 Å². The minimum atomic E-state index is -1.15. The van der Waals surface area contributed by atoms with Gasteiger partial charge in [-0.05, 0) is 52.0 Å². The number of alkyl halides is 1. The summed E-state index contributed by atoms with van der Waals surface area (Å²) in [4.78, 5) is 36.6. The first-order valence-corrected chi connectivity index (χ1v) is 9.69. The van der Waals surface area contributed by atoms with Crippen LogP contribution in [0.4, 0.5) is 14.2 Å². The van der Waals surface area contributed by atoms with Crippen molar-refractivity contribution >= 4 is 34.3 Å². The number of ether oxygens (including phenoxy) is 1. The minimum Gasteiger partial charge on any atom is -0.478 e. The van der Waals surface area contributed by atoms with E-state index in [0.29, 0.717) is 24.8 Å². The molecule has 3 N–H and O–H groups in total. The van der Waals surface area contributed by atoms with E-state index in [0.717, 1.165) is 4.88 Å². The van der Waals surface area contributed by atoms with E-state index in [1.54, 1.807) is 20.8 Å². The number of thiophene rings is 1. The number of carbonyl (C=O) groups is 3. The maximum atomic E-state index is 13.1. The van der Waals surface area contributed by atoms with Crippen LogP contribution in [0.5, 0.6) is 0 Å². The predicted molar refractivity (Wildman–Crippen MR) is 98.1 cm³/mol. The Balaban J connectivity index is 1.74. The molecule has 3 atom stereocenters. The number of hydrogen-bond acceptors (Lipinski definition) is 5. The molecule has 0 radical (unpaired) electrons. The molecule has 1 saturated carbocycles. The van der Waals surface area contributed by atoms with Gasteiger partial charge in [-0.15, -0.1) is 11.3 Å². The number of hydrogen-bond donors (Lipinski definition) is 3. The number of alkyl carbamates (subject to hydrolysis) is 1.